The van der Waals surface area contributed by atoms with Crippen LogP contribution in [0, 0.1) is 0 Å². The van der Waals surface area contributed by atoms with Gasteiger partial charge in [0.05, 0.1) is 19.6 Å². The molecule has 3 aromatic rings. The molecule has 6 heteroatoms. The highest BCUT2D eigenvalue weighted by Gasteiger charge is 2.76. The lowest BCUT2D eigenvalue weighted by Crippen LogP contribution is -2.77. The van der Waals surface area contributed by atoms with E-state index in [9.17, 15) is 0 Å². The van der Waals surface area contributed by atoms with Crippen molar-refractivity contribution >= 4 is 26.5 Å². The average Bonchev–Trinajstić information content (AvgIpc) is 3.31. The van der Waals surface area contributed by atoms with Crippen LogP contribution in [0.1, 0.15) is 17.5 Å². The van der Waals surface area contributed by atoms with E-state index in [0.717, 1.165) is 36.6 Å². The summed E-state index contributed by atoms with van der Waals surface area (Å²) in [5, 5.41) is 3.51. The van der Waals surface area contributed by atoms with E-state index in [1.807, 2.05) is 7.11 Å². The number of benzene rings is 3. The van der Waals surface area contributed by atoms with Crippen LogP contribution in [-0.4, -0.2) is 60.1 Å². The highest BCUT2D eigenvalue weighted by Crippen LogP contribution is 2.69. The first-order valence-corrected chi connectivity index (χ1v) is 20.9. The SMILES string of the molecule is COC1=C([Si](C)(C)c2ccccc2)C=C2[C@H]3Cc4ccc(OC)c5c4[C@@]2(CCN3C)[C@@]1([Si](C)(C)c1ccccc1)O5. The summed E-state index contributed by atoms with van der Waals surface area (Å²) in [6.45, 7) is 11.0. The predicted molar refractivity (Wildman–Crippen MR) is 172 cm³/mol. The molecular formula is C35H41NO3Si2. The topological polar surface area (TPSA) is 30.9 Å². The molecule has 4 nitrogen and oxygen atoms in total. The van der Waals surface area contributed by atoms with Gasteiger partial charge in [0.15, 0.2) is 16.7 Å². The molecule has 2 aliphatic heterocycles. The molecule has 0 aromatic heterocycles. The fraction of sp³-hybridized carbons (Fsp3) is 0.371. The molecule has 2 aliphatic carbocycles. The number of likely N-dealkylation sites (tertiary alicyclic amines) is 1. The van der Waals surface area contributed by atoms with Gasteiger partial charge in [-0.05, 0) is 48.8 Å². The Labute approximate surface area is 246 Å². The molecule has 2 heterocycles. The second-order valence-corrected chi connectivity index (χ2v) is 22.2. The Hall–Kier alpha value is -3.07. The van der Waals surface area contributed by atoms with Gasteiger partial charge in [-0.25, -0.2) is 0 Å². The summed E-state index contributed by atoms with van der Waals surface area (Å²) < 4.78 is 20.6. The van der Waals surface area contributed by atoms with Gasteiger partial charge in [-0.1, -0.05) is 109 Å². The highest BCUT2D eigenvalue weighted by molar-refractivity contribution is 6.97. The fourth-order valence-electron chi connectivity index (χ4n) is 8.81. The molecule has 0 N–H and O–H groups in total. The molecule has 212 valence electrons. The Kier molecular flexibility index (Phi) is 5.86. The fourth-order valence-corrected chi connectivity index (χ4v) is 15.7. The number of piperidine rings is 1. The summed E-state index contributed by atoms with van der Waals surface area (Å²) in [6, 6.07) is 27.0. The average molecular weight is 580 g/mol. The normalized spacial score (nSPS) is 26.7. The van der Waals surface area contributed by atoms with Gasteiger partial charge in [0.25, 0.3) is 0 Å². The molecule has 41 heavy (non-hydrogen) atoms. The standard InChI is InChI=1S/C35H41NO3Si2/c1-36-21-20-34-27-23-30(40(4,5)25-14-10-8-11-15-25)33(38-3)35(34,41(6,7)26-16-12-9-13-17-26)39-32-29(37-2)19-18-24(31(32)34)22-28(27)36/h8-19,23,28H,20-22H2,1-7H3/t28-,34+,35-/m1/s1. The maximum absolute atomic E-state index is 7.72. The van der Waals surface area contributed by atoms with Gasteiger partial charge in [-0.3, -0.25) is 4.90 Å². The minimum absolute atomic E-state index is 0.302. The van der Waals surface area contributed by atoms with E-state index in [1.54, 1.807) is 7.11 Å². The van der Waals surface area contributed by atoms with Crippen molar-refractivity contribution in [3.05, 3.63) is 107 Å². The van der Waals surface area contributed by atoms with Crippen LogP contribution in [0.2, 0.25) is 26.2 Å². The molecule has 2 bridgehead atoms. The molecule has 1 fully saturated rings. The summed E-state index contributed by atoms with van der Waals surface area (Å²) in [5.41, 5.74) is 3.97. The maximum Gasteiger partial charge on any atom is 0.169 e. The van der Waals surface area contributed by atoms with Gasteiger partial charge in [0.2, 0.25) is 0 Å². The van der Waals surface area contributed by atoms with Gasteiger partial charge in [-0.15, -0.1) is 0 Å². The van der Waals surface area contributed by atoms with Crippen molar-refractivity contribution in [2.75, 3.05) is 27.8 Å². The van der Waals surface area contributed by atoms with Crippen molar-refractivity contribution in [1.29, 1.82) is 0 Å². The Morgan fingerprint density at radius 3 is 2.15 bits per heavy atom. The highest BCUT2D eigenvalue weighted by atomic mass is 28.3. The van der Waals surface area contributed by atoms with Crippen molar-refractivity contribution < 1.29 is 14.2 Å². The van der Waals surface area contributed by atoms with Crippen molar-refractivity contribution in [2.45, 2.75) is 55.7 Å². The number of likely N-dealkylation sites (N-methyl/N-ethyl adjacent to an activating group) is 1. The molecule has 0 amide bonds. The Balaban J connectivity index is 1.65. The molecule has 1 spiro atoms. The minimum atomic E-state index is -2.51. The zero-order chi connectivity index (χ0) is 28.8. The lowest BCUT2D eigenvalue weighted by Gasteiger charge is -2.62. The van der Waals surface area contributed by atoms with E-state index in [1.165, 1.54) is 32.3 Å². The van der Waals surface area contributed by atoms with Crippen LogP contribution in [0.5, 0.6) is 11.5 Å². The van der Waals surface area contributed by atoms with Crippen LogP contribution < -0.4 is 19.8 Å². The van der Waals surface area contributed by atoms with Crippen molar-refractivity contribution in [3.8, 4) is 11.5 Å². The van der Waals surface area contributed by atoms with Crippen LogP contribution in [0.15, 0.2) is 95.4 Å². The van der Waals surface area contributed by atoms with Crippen LogP contribution >= 0.6 is 0 Å². The lowest BCUT2D eigenvalue weighted by molar-refractivity contribution is 0.0369. The smallest absolute Gasteiger partial charge is 0.169 e. The van der Waals surface area contributed by atoms with E-state index < -0.39 is 21.4 Å². The van der Waals surface area contributed by atoms with Crippen molar-refractivity contribution in [3.63, 3.8) is 0 Å². The summed E-state index contributed by atoms with van der Waals surface area (Å²) in [4.78, 5) is 2.58. The Morgan fingerprint density at radius 1 is 0.854 bits per heavy atom. The first kappa shape index (κ1) is 26.8. The number of allylic oxidation sites excluding steroid dienone is 2. The molecule has 7 rings (SSSR count). The molecule has 0 saturated carbocycles. The molecule has 3 atom stereocenters. The molecular weight excluding hydrogens is 539 g/mol. The third-order valence-electron chi connectivity index (χ3n) is 11.0. The molecule has 3 aromatic carbocycles. The second kappa shape index (κ2) is 8.97. The first-order chi connectivity index (χ1) is 19.6. The van der Waals surface area contributed by atoms with Gasteiger partial charge in [-0.2, -0.15) is 0 Å². The van der Waals surface area contributed by atoms with E-state index in [0.29, 0.717) is 6.04 Å². The number of hydrogen-bond acceptors (Lipinski definition) is 4. The number of methoxy groups -OCH3 is 2. The third kappa shape index (κ3) is 3.19. The number of hydrogen-bond donors (Lipinski definition) is 0. The van der Waals surface area contributed by atoms with Crippen molar-refractivity contribution in [1.82, 2.24) is 4.90 Å². The zero-order valence-corrected chi connectivity index (χ0v) is 27.4. The molecule has 1 saturated heterocycles. The van der Waals surface area contributed by atoms with E-state index >= 15 is 0 Å². The second-order valence-electron chi connectivity index (χ2n) is 13.3. The van der Waals surface area contributed by atoms with Crippen LogP contribution in [0.25, 0.3) is 0 Å². The van der Waals surface area contributed by atoms with Crippen LogP contribution in [0.3, 0.4) is 0 Å². The summed E-state index contributed by atoms with van der Waals surface area (Å²) in [5.74, 6) is 2.82. The van der Waals surface area contributed by atoms with Crippen LogP contribution in [0.4, 0.5) is 0 Å². The molecule has 0 radical (unpaired) electrons. The number of nitrogens with zero attached hydrogens (tertiary/aromatic N) is 1. The van der Waals surface area contributed by atoms with Gasteiger partial charge in [0, 0.05) is 11.6 Å². The summed E-state index contributed by atoms with van der Waals surface area (Å²) in [7, 11) is 1.24. The Bertz CT molecular complexity index is 1600. The monoisotopic (exact) mass is 579 g/mol. The summed E-state index contributed by atoms with van der Waals surface area (Å²) in [6.07, 6.45) is 4.58. The van der Waals surface area contributed by atoms with E-state index in [-0.39, 0.29) is 5.41 Å². The van der Waals surface area contributed by atoms with Gasteiger partial charge >= 0.3 is 0 Å². The number of rotatable bonds is 6. The minimum Gasteiger partial charge on any atom is -0.497 e. The predicted octanol–water partition coefficient (Wildman–Crippen LogP) is 5.47. The largest absolute Gasteiger partial charge is 0.497 e. The third-order valence-corrected chi connectivity index (χ3v) is 18.7. The summed E-state index contributed by atoms with van der Waals surface area (Å²) >= 11 is 0. The Morgan fingerprint density at radius 2 is 1.51 bits per heavy atom. The number of ether oxygens (including phenoxy) is 3. The first-order valence-electron chi connectivity index (χ1n) is 14.9. The maximum atomic E-state index is 7.72. The lowest BCUT2D eigenvalue weighted by atomic mass is 9.56. The van der Waals surface area contributed by atoms with Gasteiger partial charge in [0.1, 0.15) is 21.9 Å². The molecule has 0 unspecified atom stereocenters. The van der Waals surface area contributed by atoms with Crippen molar-refractivity contribution in [2.24, 2.45) is 0 Å². The van der Waals surface area contributed by atoms with E-state index in [2.05, 4.69) is 117 Å². The van der Waals surface area contributed by atoms with Crippen LogP contribution in [-0.2, 0) is 16.6 Å². The zero-order valence-electron chi connectivity index (χ0n) is 25.4. The van der Waals surface area contributed by atoms with Gasteiger partial charge < -0.3 is 14.2 Å². The molecule has 4 aliphatic rings. The van der Waals surface area contributed by atoms with E-state index in [4.69, 9.17) is 14.2 Å². The quantitative estimate of drug-likeness (QED) is 0.362.